The minimum absolute atomic E-state index is 0.157. The summed E-state index contributed by atoms with van der Waals surface area (Å²) in [5, 5.41) is 233. The zero-order valence-corrected chi connectivity index (χ0v) is 75.1. The number of aliphatic hydroxyl groups is 20. The number of amides is 3. The minimum atomic E-state index is -2.34. The number of nitrogens with one attached hydrogen (secondary N) is 3. The highest BCUT2D eigenvalue weighted by atomic mass is 16.8. The van der Waals surface area contributed by atoms with Crippen molar-refractivity contribution in [1.29, 1.82) is 0 Å². The van der Waals surface area contributed by atoms with Crippen molar-refractivity contribution in [2.75, 3.05) is 46.2 Å². The Balaban J connectivity index is 0.988. The molecule has 0 aromatic carbocycles. The second-order valence-corrected chi connectivity index (χ2v) is 35.2. The highest BCUT2D eigenvalue weighted by Gasteiger charge is 2.60. The normalized spacial score (nSPS) is 37.7. The standard InChI is InChI=1S/C88H157N3O37/c1-6-8-10-12-14-16-18-20-21-22-23-24-25-26-27-29-31-33-35-37-39-41-60(101)91-52(53(100)40-38-36-34-32-30-28-19-17-15-13-11-9-7-2)48-115-84-73(112)71(110)77(59(47-97)122-84)123-86-74(113)80(67(106)56(44-94)118-86)127-83-62(90-51(5)99)78(65(104)55(43-93)117-83)125-87-75(114)79(66(105)57(45-95)119-87)126-82-61(89-50(4)98)68(107)76(58(46-96)121-82)124-88-81(70(109)64(103)54(42-92)120-88)128-85-72(111)69(108)63(102)49(3)116-85/h20-21,38,40,49,52-59,61-88,92-97,100,102-114H,6-19,22-37,39,41-48H2,1-5H3,(H,89,98)(H,90,99)(H,91,101)/b21-20-,40-38+/t49?,52-,53+,54?,55?,56?,57?,58?,59?,61?,62?,63+,64-,65+,66-,67-,68+,69?,70-,71+,72-,73?,74?,75?,76+,77+,78+,79-,80-,81?,82-,83-,84+,85+,86-,87-,88-/m0/s1. The Morgan fingerprint density at radius 3 is 1.12 bits per heavy atom. The van der Waals surface area contributed by atoms with Crippen LogP contribution in [0.1, 0.15) is 240 Å². The van der Waals surface area contributed by atoms with Crippen molar-refractivity contribution in [3.05, 3.63) is 24.3 Å². The number of hydrogen-bond acceptors (Lipinski definition) is 37. The molecule has 40 heteroatoms. The first-order chi connectivity index (χ1) is 61.5. The Morgan fingerprint density at radius 2 is 0.656 bits per heavy atom. The number of hydrogen-bond donors (Lipinski definition) is 23. The summed E-state index contributed by atoms with van der Waals surface area (Å²) in [6.07, 6.45) is -21.9. The fraction of sp³-hybridized carbons (Fsp3) is 0.920. The Morgan fingerprint density at radius 1 is 0.320 bits per heavy atom. The molecule has 0 spiro atoms. The van der Waals surface area contributed by atoms with Gasteiger partial charge >= 0.3 is 0 Å². The van der Waals surface area contributed by atoms with E-state index in [2.05, 4.69) is 41.9 Å². The maximum absolute atomic E-state index is 13.6. The molecule has 40 nitrogen and oxygen atoms in total. The topological polar surface area (TPSA) is 621 Å². The van der Waals surface area contributed by atoms with Crippen LogP contribution in [0.5, 0.6) is 0 Å². The maximum Gasteiger partial charge on any atom is 0.220 e. The summed E-state index contributed by atoms with van der Waals surface area (Å²) in [7, 11) is 0. The number of unbranched alkanes of at least 4 members (excludes halogenated alkanes) is 28. The third-order valence-corrected chi connectivity index (χ3v) is 25.0. The first kappa shape index (κ1) is 112. The van der Waals surface area contributed by atoms with Gasteiger partial charge in [0.05, 0.1) is 64.5 Å². The molecular weight excluding hydrogens is 1690 g/mol. The van der Waals surface area contributed by atoms with Crippen molar-refractivity contribution in [3.8, 4) is 0 Å². The third kappa shape index (κ3) is 33.8. The molecule has 14 unspecified atom stereocenters. The molecular formula is C88H157N3O37. The Hall–Kier alpha value is -3.47. The summed E-state index contributed by atoms with van der Waals surface area (Å²) in [5.74, 6) is -2.17. The molecule has 0 aliphatic carbocycles. The Bertz CT molecular complexity index is 3070. The molecule has 0 aromatic heterocycles. The van der Waals surface area contributed by atoms with Gasteiger partial charge in [0, 0.05) is 20.3 Å². The monoisotopic (exact) mass is 1850 g/mol. The zero-order valence-electron chi connectivity index (χ0n) is 75.1. The van der Waals surface area contributed by atoms with E-state index in [0.717, 1.165) is 78.1 Å². The van der Waals surface area contributed by atoms with Gasteiger partial charge in [-0.2, -0.15) is 0 Å². The maximum atomic E-state index is 13.6. The van der Waals surface area contributed by atoms with E-state index in [9.17, 15) is 117 Å². The van der Waals surface area contributed by atoms with Crippen LogP contribution in [0.25, 0.3) is 0 Å². The summed E-state index contributed by atoms with van der Waals surface area (Å²) in [6.45, 7) is 1.01. The molecule has 7 saturated heterocycles. The van der Waals surface area contributed by atoms with Gasteiger partial charge in [-0.1, -0.05) is 192 Å². The van der Waals surface area contributed by atoms with Crippen LogP contribution in [0, 0.1) is 0 Å². The molecule has 128 heavy (non-hydrogen) atoms. The minimum Gasteiger partial charge on any atom is -0.394 e. The second kappa shape index (κ2) is 59.5. The highest BCUT2D eigenvalue weighted by molar-refractivity contribution is 5.76. The predicted octanol–water partition coefficient (Wildman–Crippen LogP) is -1.46. The Kier molecular flexibility index (Phi) is 51.9. The van der Waals surface area contributed by atoms with Crippen LogP contribution in [-0.4, -0.2) is 393 Å². The first-order valence-corrected chi connectivity index (χ1v) is 47.0. The number of ether oxygens (including phenoxy) is 14. The molecule has 0 saturated carbocycles. The van der Waals surface area contributed by atoms with Crippen molar-refractivity contribution in [1.82, 2.24) is 16.0 Å². The summed E-state index contributed by atoms with van der Waals surface area (Å²) >= 11 is 0. The highest BCUT2D eigenvalue weighted by Crippen LogP contribution is 2.39. The lowest BCUT2D eigenvalue weighted by molar-refractivity contribution is -0.392. The third-order valence-electron chi connectivity index (χ3n) is 25.0. The number of rotatable bonds is 59. The average molecular weight is 1850 g/mol. The van der Waals surface area contributed by atoms with Gasteiger partial charge in [-0.15, -0.1) is 0 Å². The van der Waals surface area contributed by atoms with Crippen LogP contribution in [0.15, 0.2) is 24.3 Å². The molecule has 746 valence electrons. The van der Waals surface area contributed by atoms with Crippen LogP contribution in [-0.2, 0) is 80.7 Å². The van der Waals surface area contributed by atoms with Gasteiger partial charge in [0.1, 0.15) is 165 Å². The summed E-state index contributed by atoms with van der Waals surface area (Å²) in [6, 6.07) is -4.86. The quantitative estimate of drug-likeness (QED) is 0.0244. The fourth-order valence-electron chi connectivity index (χ4n) is 17.3. The van der Waals surface area contributed by atoms with E-state index in [1.54, 1.807) is 6.08 Å². The van der Waals surface area contributed by atoms with Crippen LogP contribution >= 0.6 is 0 Å². The fourth-order valence-corrected chi connectivity index (χ4v) is 17.3. The van der Waals surface area contributed by atoms with Crippen molar-refractivity contribution in [3.63, 3.8) is 0 Å². The lowest BCUT2D eigenvalue weighted by Gasteiger charge is -2.51. The van der Waals surface area contributed by atoms with Gasteiger partial charge in [0.2, 0.25) is 17.7 Å². The van der Waals surface area contributed by atoms with Gasteiger partial charge in [-0.3, -0.25) is 14.4 Å². The van der Waals surface area contributed by atoms with Gasteiger partial charge in [-0.25, -0.2) is 0 Å². The molecule has 7 heterocycles. The molecule has 0 bridgehead atoms. The van der Waals surface area contributed by atoms with Gasteiger partial charge in [-0.05, 0) is 51.9 Å². The number of carbonyl (C=O) groups excluding carboxylic acids is 3. The lowest BCUT2D eigenvalue weighted by atomic mass is 9.93. The smallest absolute Gasteiger partial charge is 0.220 e. The molecule has 7 aliphatic heterocycles. The van der Waals surface area contributed by atoms with E-state index in [0.29, 0.717) is 12.8 Å². The largest absolute Gasteiger partial charge is 0.394 e. The molecule has 7 aliphatic rings. The van der Waals surface area contributed by atoms with E-state index < -0.39 is 285 Å². The number of carbonyl (C=O) groups is 3. The molecule has 7 fully saturated rings. The van der Waals surface area contributed by atoms with Crippen molar-refractivity contribution < 1.29 is 183 Å². The molecule has 0 radical (unpaired) electrons. The molecule has 0 aromatic rings. The molecule has 37 atom stereocenters. The van der Waals surface area contributed by atoms with Crippen molar-refractivity contribution in [2.24, 2.45) is 0 Å². The average Bonchev–Trinajstić information content (AvgIpc) is 0.753. The molecule has 3 amide bonds. The molecule has 23 N–H and O–H groups in total. The zero-order chi connectivity index (χ0) is 93.5. The van der Waals surface area contributed by atoms with E-state index in [4.69, 9.17) is 66.3 Å². The SMILES string of the molecule is CCCCCCCC/C=C\CCCCCCCCCCCCCC(=O)N[C@@H](CO[C@@H]1OC(CO)[C@@H](O[C@@H]2OC(CO)[C@H](O)[C@H](O[C@@H]3OC(CO)[C@@H](O)[C@H](O[C@@H]4OC(CO)[C@H](O)[C@H](O[C@@H]5OC(CO)[C@@H](O[C@@H]6OC(CO)[C@H](O)[C@H](O)C6O[C@H]6OC(C)[C@@H](O)C(O)[C@@H]6O)[C@H](O)C5NC(C)=O)C4O)C3NC(C)=O)C2O)[C@H](O)C1O)[C@H](O)/C=C/CCCCCCCCCCCCC. The van der Waals surface area contributed by atoms with E-state index in [1.807, 2.05) is 6.08 Å². The van der Waals surface area contributed by atoms with E-state index in [-0.39, 0.29) is 12.3 Å². The van der Waals surface area contributed by atoms with Gasteiger partial charge in [0.25, 0.3) is 0 Å². The van der Waals surface area contributed by atoms with E-state index in [1.165, 1.54) is 129 Å². The summed E-state index contributed by atoms with van der Waals surface area (Å²) in [5.41, 5.74) is 0. The van der Waals surface area contributed by atoms with Crippen molar-refractivity contribution in [2.45, 2.75) is 467 Å². The summed E-state index contributed by atoms with van der Waals surface area (Å²) in [4.78, 5) is 39.9. The van der Waals surface area contributed by atoms with Crippen molar-refractivity contribution >= 4 is 17.7 Å². The first-order valence-electron chi connectivity index (χ1n) is 47.0. The van der Waals surface area contributed by atoms with Crippen LogP contribution in [0.3, 0.4) is 0 Å². The predicted molar refractivity (Wildman–Crippen MR) is 453 cm³/mol. The lowest BCUT2D eigenvalue weighted by Crippen LogP contribution is -2.71. The van der Waals surface area contributed by atoms with Gasteiger partial charge in [0.15, 0.2) is 44.0 Å². The second-order valence-electron chi connectivity index (χ2n) is 35.2. The Labute approximate surface area is 751 Å². The number of aliphatic hydroxyl groups excluding tert-OH is 20. The van der Waals surface area contributed by atoms with E-state index >= 15 is 0 Å². The molecule has 7 rings (SSSR count). The number of allylic oxidation sites excluding steroid dienone is 3. The van der Waals surface area contributed by atoms with Gasteiger partial charge < -0.3 is 184 Å². The van der Waals surface area contributed by atoms with Crippen LogP contribution in [0.2, 0.25) is 0 Å². The van der Waals surface area contributed by atoms with Crippen LogP contribution < -0.4 is 16.0 Å². The van der Waals surface area contributed by atoms with Crippen LogP contribution in [0.4, 0.5) is 0 Å². The summed E-state index contributed by atoms with van der Waals surface area (Å²) < 4.78 is 83.5.